The number of fused-ring (bicyclic) bond motifs is 3. The Morgan fingerprint density at radius 1 is 1.12 bits per heavy atom. The molecule has 0 saturated carbocycles. The maximum atomic E-state index is 4.56. The van der Waals surface area contributed by atoms with E-state index in [9.17, 15) is 0 Å². The van der Waals surface area contributed by atoms with Crippen molar-refractivity contribution < 1.29 is 0 Å². The molecule has 3 aromatic rings. The molecule has 0 atom stereocenters. The third-order valence-corrected chi connectivity index (χ3v) is 2.86. The minimum atomic E-state index is 0. The second-order valence-corrected chi connectivity index (χ2v) is 3.72. The summed E-state index contributed by atoms with van der Waals surface area (Å²) in [6, 6.07) is 8.13. The van der Waals surface area contributed by atoms with Crippen LogP contribution < -0.4 is 0 Å². The van der Waals surface area contributed by atoms with Crippen molar-refractivity contribution in [1.82, 2.24) is 14.5 Å². The van der Waals surface area contributed by atoms with Crippen LogP contribution in [0.3, 0.4) is 0 Å². The lowest BCUT2D eigenvalue weighted by Crippen LogP contribution is -1.89. The Bertz CT molecular complexity index is 661. The number of imidazole rings is 1. The van der Waals surface area contributed by atoms with Gasteiger partial charge in [-0.15, -0.1) is 24.8 Å². The van der Waals surface area contributed by atoms with Crippen molar-refractivity contribution in [2.75, 3.05) is 0 Å². The van der Waals surface area contributed by atoms with Gasteiger partial charge in [-0.25, -0.2) is 4.98 Å². The molecular weight excluding hydrogens is 257 g/mol. The largest absolute Gasteiger partial charge is 0.331 e. The number of halogens is 2. The summed E-state index contributed by atoms with van der Waals surface area (Å²) in [7, 11) is 2.03. The fourth-order valence-electron chi connectivity index (χ4n) is 1.92. The van der Waals surface area contributed by atoms with Crippen LogP contribution in [0.25, 0.3) is 21.9 Å². The molecule has 2 aromatic heterocycles. The third-order valence-electron chi connectivity index (χ3n) is 2.86. The van der Waals surface area contributed by atoms with E-state index < -0.39 is 0 Å². The smallest absolute Gasteiger partial charge is 0.106 e. The highest BCUT2D eigenvalue weighted by Gasteiger charge is 2.07. The van der Waals surface area contributed by atoms with E-state index in [1.54, 1.807) is 0 Å². The second-order valence-electron chi connectivity index (χ2n) is 3.72. The Morgan fingerprint density at radius 2 is 1.88 bits per heavy atom. The van der Waals surface area contributed by atoms with Gasteiger partial charge >= 0.3 is 0 Å². The van der Waals surface area contributed by atoms with E-state index in [2.05, 4.69) is 26.7 Å². The van der Waals surface area contributed by atoms with Crippen LogP contribution in [0.4, 0.5) is 0 Å². The maximum Gasteiger partial charge on any atom is 0.106 e. The number of rotatable bonds is 0. The summed E-state index contributed by atoms with van der Waals surface area (Å²) in [5.74, 6) is 1.03. The van der Waals surface area contributed by atoms with Crippen molar-refractivity contribution in [1.29, 1.82) is 0 Å². The number of aryl methyl sites for hydroxylation is 2. The molecule has 0 aliphatic carbocycles. The van der Waals surface area contributed by atoms with Crippen LogP contribution in [-0.4, -0.2) is 14.5 Å². The summed E-state index contributed by atoms with van der Waals surface area (Å²) < 4.78 is 2.10. The van der Waals surface area contributed by atoms with Crippen LogP contribution in [0.5, 0.6) is 0 Å². The number of hydrogen-bond donors (Lipinski definition) is 0. The van der Waals surface area contributed by atoms with E-state index in [0.717, 1.165) is 27.8 Å². The normalized spacial score (nSPS) is 10.0. The molecule has 17 heavy (non-hydrogen) atoms. The molecule has 3 nitrogen and oxygen atoms in total. The molecule has 0 amide bonds. The van der Waals surface area contributed by atoms with Gasteiger partial charge in [-0.05, 0) is 31.2 Å². The molecule has 0 radical (unpaired) electrons. The standard InChI is InChI=1S/C12H11N3.2ClH/c1-8-14-12-9-4-3-7-13-10(9)5-6-11(12)15(8)2;;/h3-7H,1-2H3;2*1H. The van der Waals surface area contributed by atoms with E-state index in [1.165, 1.54) is 0 Å². The third kappa shape index (κ3) is 1.96. The monoisotopic (exact) mass is 269 g/mol. The minimum Gasteiger partial charge on any atom is -0.331 e. The molecule has 5 heteroatoms. The van der Waals surface area contributed by atoms with Gasteiger partial charge in [0.05, 0.1) is 16.6 Å². The predicted molar refractivity (Wildman–Crippen MR) is 75.2 cm³/mol. The molecule has 0 aliphatic rings. The number of nitrogens with zero attached hydrogens (tertiary/aromatic N) is 3. The Balaban J connectivity index is 0.000000722. The van der Waals surface area contributed by atoms with Crippen molar-refractivity contribution >= 4 is 46.8 Å². The van der Waals surface area contributed by atoms with Crippen molar-refractivity contribution in [3.05, 3.63) is 36.3 Å². The molecule has 2 heterocycles. The predicted octanol–water partition coefficient (Wildman–Crippen LogP) is 3.27. The molecular formula is C12H13Cl2N3. The van der Waals surface area contributed by atoms with Gasteiger partial charge in [-0.1, -0.05) is 0 Å². The summed E-state index contributed by atoms with van der Waals surface area (Å²) in [6.07, 6.45) is 1.81. The molecule has 0 spiro atoms. The van der Waals surface area contributed by atoms with Crippen LogP contribution >= 0.6 is 24.8 Å². The molecule has 3 rings (SSSR count). The summed E-state index contributed by atoms with van der Waals surface area (Å²) in [4.78, 5) is 8.88. The van der Waals surface area contributed by atoms with Crippen molar-refractivity contribution in [3.63, 3.8) is 0 Å². The molecule has 0 fully saturated rings. The SMILES string of the molecule is Cc1nc2c3cccnc3ccc2n1C.Cl.Cl. The minimum absolute atomic E-state index is 0. The topological polar surface area (TPSA) is 30.7 Å². The average Bonchev–Trinajstić information content (AvgIpc) is 2.56. The second kappa shape index (κ2) is 4.90. The van der Waals surface area contributed by atoms with E-state index in [0.29, 0.717) is 0 Å². The molecule has 0 N–H and O–H groups in total. The summed E-state index contributed by atoms with van der Waals surface area (Å²) >= 11 is 0. The lowest BCUT2D eigenvalue weighted by molar-refractivity contribution is 0.886. The Hall–Kier alpha value is -1.32. The quantitative estimate of drug-likeness (QED) is 0.627. The van der Waals surface area contributed by atoms with Gasteiger partial charge in [0.2, 0.25) is 0 Å². The number of pyridine rings is 1. The number of benzene rings is 1. The maximum absolute atomic E-state index is 4.56. The zero-order chi connectivity index (χ0) is 10.4. The summed E-state index contributed by atoms with van der Waals surface area (Å²) in [6.45, 7) is 2.02. The lowest BCUT2D eigenvalue weighted by atomic mass is 10.2. The zero-order valence-corrected chi connectivity index (χ0v) is 11.2. The highest BCUT2D eigenvalue weighted by Crippen LogP contribution is 2.23. The average molecular weight is 270 g/mol. The van der Waals surface area contributed by atoms with Gasteiger partial charge < -0.3 is 4.57 Å². The number of hydrogen-bond acceptors (Lipinski definition) is 2. The van der Waals surface area contributed by atoms with Gasteiger partial charge in [0.1, 0.15) is 5.82 Å². The Morgan fingerprint density at radius 3 is 2.65 bits per heavy atom. The first-order valence-electron chi connectivity index (χ1n) is 4.94. The van der Waals surface area contributed by atoms with Crippen molar-refractivity contribution in [2.24, 2.45) is 7.05 Å². The van der Waals surface area contributed by atoms with Crippen LogP contribution in [0.2, 0.25) is 0 Å². The summed E-state index contributed by atoms with van der Waals surface area (Å²) in [5.41, 5.74) is 3.21. The van der Waals surface area contributed by atoms with Gasteiger partial charge in [-0.2, -0.15) is 0 Å². The summed E-state index contributed by atoms with van der Waals surface area (Å²) in [5, 5.41) is 1.12. The lowest BCUT2D eigenvalue weighted by Gasteiger charge is -1.98. The Kier molecular flexibility index (Phi) is 3.96. The fourth-order valence-corrected chi connectivity index (χ4v) is 1.92. The van der Waals surface area contributed by atoms with E-state index >= 15 is 0 Å². The van der Waals surface area contributed by atoms with E-state index in [4.69, 9.17) is 0 Å². The first-order chi connectivity index (χ1) is 7.27. The van der Waals surface area contributed by atoms with Crippen molar-refractivity contribution in [3.8, 4) is 0 Å². The van der Waals surface area contributed by atoms with Crippen molar-refractivity contribution in [2.45, 2.75) is 6.92 Å². The van der Waals surface area contributed by atoms with Crippen LogP contribution in [-0.2, 0) is 7.05 Å². The molecule has 0 bridgehead atoms. The zero-order valence-electron chi connectivity index (χ0n) is 9.54. The molecule has 0 unspecified atom stereocenters. The van der Waals surface area contributed by atoms with E-state index in [-0.39, 0.29) is 24.8 Å². The van der Waals surface area contributed by atoms with Gasteiger partial charge in [-0.3, -0.25) is 4.98 Å². The van der Waals surface area contributed by atoms with Crippen LogP contribution in [0.1, 0.15) is 5.82 Å². The van der Waals surface area contributed by atoms with Gasteiger partial charge in [0, 0.05) is 18.6 Å². The van der Waals surface area contributed by atoms with Crippen LogP contribution in [0, 0.1) is 6.92 Å². The highest BCUT2D eigenvalue weighted by molar-refractivity contribution is 6.02. The highest BCUT2D eigenvalue weighted by atomic mass is 35.5. The first kappa shape index (κ1) is 13.7. The number of aromatic nitrogens is 3. The first-order valence-corrected chi connectivity index (χ1v) is 4.94. The van der Waals surface area contributed by atoms with Gasteiger partial charge in [0.15, 0.2) is 0 Å². The van der Waals surface area contributed by atoms with Gasteiger partial charge in [0.25, 0.3) is 0 Å². The molecule has 0 aliphatic heterocycles. The van der Waals surface area contributed by atoms with Crippen LogP contribution in [0.15, 0.2) is 30.5 Å². The molecule has 0 saturated heterocycles. The molecule has 1 aromatic carbocycles. The fraction of sp³-hybridized carbons (Fsp3) is 0.167. The molecule has 90 valence electrons. The Labute approximate surface area is 112 Å². The van der Waals surface area contributed by atoms with E-state index in [1.807, 2.05) is 32.3 Å².